The molecule has 0 amide bonds. The van der Waals surface area contributed by atoms with Crippen molar-refractivity contribution in [2.75, 3.05) is 0 Å². The van der Waals surface area contributed by atoms with Crippen LogP contribution in [0.2, 0.25) is 0 Å². The summed E-state index contributed by atoms with van der Waals surface area (Å²) < 4.78 is 0. The van der Waals surface area contributed by atoms with Crippen LogP contribution in [0.5, 0.6) is 0 Å². The first kappa shape index (κ1) is 8.10. The molecular weight excluding hydrogens is 144 g/mol. The van der Waals surface area contributed by atoms with E-state index in [9.17, 15) is 0 Å². The zero-order valence-corrected chi connectivity index (χ0v) is 7.92. The van der Waals surface area contributed by atoms with E-state index in [2.05, 4.69) is 31.2 Å². The van der Waals surface area contributed by atoms with Gasteiger partial charge in [0, 0.05) is 0 Å². The topological polar surface area (TPSA) is 0 Å². The smallest absolute Gasteiger partial charge is 0.00832 e. The van der Waals surface area contributed by atoms with Gasteiger partial charge in [0.2, 0.25) is 0 Å². The van der Waals surface area contributed by atoms with E-state index in [1.807, 2.05) is 0 Å². The summed E-state index contributed by atoms with van der Waals surface area (Å²) in [7, 11) is 0. The van der Waals surface area contributed by atoms with Gasteiger partial charge >= 0.3 is 0 Å². The van der Waals surface area contributed by atoms with Crippen molar-refractivity contribution in [3.63, 3.8) is 0 Å². The van der Waals surface area contributed by atoms with Crippen LogP contribution in [-0.4, -0.2) is 0 Å². The zero-order valence-electron chi connectivity index (χ0n) is 7.92. The van der Waals surface area contributed by atoms with Crippen molar-refractivity contribution in [1.82, 2.24) is 0 Å². The SMILES string of the molecule is C/C=C/C1(C/C=C/C2CC2)CC1. The van der Waals surface area contributed by atoms with E-state index in [0.29, 0.717) is 5.41 Å². The molecule has 0 saturated heterocycles. The van der Waals surface area contributed by atoms with E-state index in [1.165, 1.54) is 32.1 Å². The third-order valence-corrected chi connectivity index (χ3v) is 2.97. The quantitative estimate of drug-likeness (QED) is 0.553. The maximum atomic E-state index is 2.42. The monoisotopic (exact) mass is 162 g/mol. The molecule has 0 N–H and O–H groups in total. The van der Waals surface area contributed by atoms with Gasteiger partial charge in [0.15, 0.2) is 0 Å². The summed E-state index contributed by atoms with van der Waals surface area (Å²) in [5, 5.41) is 0. The molecule has 0 heterocycles. The molecule has 0 aromatic heterocycles. The van der Waals surface area contributed by atoms with Crippen LogP contribution < -0.4 is 0 Å². The highest BCUT2D eigenvalue weighted by Gasteiger charge is 2.38. The maximum absolute atomic E-state index is 2.42. The van der Waals surface area contributed by atoms with E-state index >= 15 is 0 Å². The molecule has 0 aromatic rings. The minimum atomic E-state index is 0.597. The molecule has 0 nitrogen and oxygen atoms in total. The molecule has 2 saturated carbocycles. The van der Waals surface area contributed by atoms with Crippen LogP contribution in [0.1, 0.15) is 39.0 Å². The summed E-state index contributed by atoms with van der Waals surface area (Å²) in [6, 6.07) is 0. The molecule has 0 bridgehead atoms. The predicted molar refractivity (Wildman–Crippen MR) is 53.0 cm³/mol. The van der Waals surface area contributed by atoms with Crippen LogP contribution in [0.4, 0.5) is 0 Å². The lowest BCUT2D eigenvalue weighted by atomic mass is 10.0. The molecule has 0 unspecified atom stereocenters. The summed E-state index contributed by atoms with van der Waals surface area (Å²) in [5.41, 5.74) is 0.597. The van der Waals surface area contributed by atoms with E-state index < -0.39 is 0 Å². The average Bonchev–Trinajstić information content (AvgIpc) is 2.87. The maximum Gasteiger partial charge on any atom is -0.00832 e. The third-order valence-electron chi connectivity index (χ3n) is 2.97. The van der Waals surface area contributed by atoms with Crippen molar-refractivity contribution in [2.45, 2.75) is 39.0 Å². The fourth-order valence-electron chi connectivity index (χ4n) is 1.74. The Morgan fingerprint density at radius 1 is 1.33 bits per heavy atom. The van der Waals surface area contributed by atoms with E-state index in [0.717, 1.165) is 5.92 Å². The summed E-state index contributed by atoms with van der Waals surface area (Å²) in [5.74, 6) is 0.950. The molecular formula is C12H18. The standard InChI is InChI=1S/C12H18/c1-2-7-12(9-10-12)8-3-4-11-5-6-11/h2-4,7,11H,5-6,8-10H2,1H3/b4-3+,7-2+. The number of hydrogen-bond acceptors (Lipinski definition) is 0. The molecule has 0 aromatic carbocycles. The Morgan fingerprint density at radius 2 is 2.08 bits per heavy atom. The van der Waals surface area contributed by atoms with Crippen LogP contribution in [0.3, 0.4) is 0 Å². The minimum absolute atomic E-state index is 0.597. The van der Waals surface area contributed by atoms with Crippen LogP contribution in [-0.2, 0) is 0 Å². The van der Waals surface area contributed by atoms with E-state index in [1.54, 1.807) is 0 Å². The highest BCUT2D eigenvalue weighted by atomic mass is 14.4. The van der Waals surface area contributed by atoms with Gasteiger partial charge in [-0.3, -0.25) is 0 Å². The van der Waals surface area contributed by atoms with Crippen molar-refractivity contribution in [2.24, 2.45) is 11.3 Å². The Labute approximate surface area is 75.4 Å². The van der Waals surface area contributed by atoms with Gasteiger partial charge in [-0.2, -0.15) is 0 Å². The van der Waals surface area contributed by atoms with E-state index in [-0.39, 0.29) is 0 Å². The van der Waals surface area contributed by atoms with Gasteiger partial charge in [0.1, 0.15) is 0 Å². The minimum Gasteiger partial charge on any atom is -0.0911 e. The van der Waals surface area contributed by atoms with Crippen LogP contribution in [0.15, 0.2) is 24.3 Å². The molecule has 12 heavy (non-hydrogen) atoms. The lowest BCUT2D eigenvalue weighted by Gasteiger charge is -2.03. The number of hydrogen-bond donors (Lipinski definition) is 0. The Bertz CT molecular complexity index is 202. The fraction of sp³-hybridized carbons (Fsp3) is 0.667. The van der Waals surface area contributed by atoms with Crippen molar-refractivity contribution in [3.05, 3.63) is 24.3 Å². The zero-order chi connectivity index (χ0) is 8.44. The molecule has 2 rings (SSSR count). The van der Waals surface area contributed by atoms with Gasteiger partial charge in [-0.15, -0.1) is 0 Å². The van der Waals surface area contributed by atoms with Gasteiger partial charge in [-0.05, 0) is 50.4 Å². The summed E-state index contributed by atoms with van der Waals surface area (Å²) in [6.07, 6.45) is 16.4. The first-order chi connectivity index (χ1) is 5.85. The molecule has 2 aliphatic rings. The van der Waals surface area contributed by atoms with Crippen molar-refractivity contribution >= 4 is 0 Å². The van der Waals surface area contributed by atoms with Gasteiger partial charge in [0.05, 0.1) is 0 Å². The molecule has 0 heteroatoms. The second-order valence-corrected chi connectivity index (χ2v) is 4.33. The summed E-state index contributed by atoms with van der Waals surface area (Å²) in [6.45, 7) is 2.13. The molecule has 2 aliphatic carbocycles. The molecule has 0 atom stereocenters. The van der Waals surface area contributed by atoms with Crippen molar-refractivity contribution in [3.8, 4) is 0 Å². The highest BCUT2D eigenvalue weighted by molar-refractivity contribution is 5.12. The normalized spacial score (nSPS) is 27.1. The largest absolute Gasteiger partial charge is 0.0911 e. The first-order valence-electron chi connectivity index (χ1n) is 5.15. The van der Waals surface area contributed by atoms with Gasteiger partial charge in [0.25, 0.3) is 0 Å². The molecule has 66 valence electrons. The Balaban J connectivity index is 1.77. The second kappa shape index (κ2) is 3.08. The Morgan fingerprint density at radius 3 is 2.58 bits per heavy atom. The molecule has 0 spiro atoms. The lowest BCUT2D eigenvalue weighted by molar-refractivity contribution is 0.663. The number of rotatable bonds is 4. The second-order valence-electron chi connectivity index (χ2n) is 4.33. The highest BCUT2D eigenvalue weighted by Crippen LogP contribution is 2.50. The average molecular weight is 162 g/mol. The third kappa shape index (κ3) is 2.00. The van der Waals surface area contributed by atoms with Crippen LogP contribution in [0.25, 0.3) is 0 Å². The van der Waals surface area contributed by atoms with Crippen LogP contribution >= 0.6 is 0 Å². The molecule has 0 radical (unpaired) electrons. The predicted octanol–water partition coefficient (Wildman–Crippen LogP) is 3.70. The Hall–Kier alpha value is -0.520. The fourth-order valence-corrected chi connectivity index (χ4v) is 1.74. The van der Waals surface area contributed by atoms with Gasteiger partial charge in [-0.25, -0.2) is 0 Å². The van der Waals surface area contributed by atoms with Crippen molar-refractivity contribution < 1.29 is 0 Å². The van der Waals surface area contributed by atoms with Crippen LogP contribution in [0, 0.1) is 11.3 Å². The lowest BCUT2D eigenvalue weighted by Crippen LogP contribution is -1.91. The van der Waals surface area contributed by atoms with Gasteiger partial charge < -0.3 is 0 Å². The van der Waals surface area contributed by atoms with Gasteiger partial charge in [-0.1, -0.05) is 24.3 Å². The van der Waals surface area contributed by atoms with E-state index in [4.69, 9.17) is 0 Å². The first-order valence-corrected chi connectivity index (χ1v) is 5.15. The van der Waals surface area contributed by atoms with Crippen molar-refractivity contribution in [1.29, 1.82) is 0 Å². The number of allylic oxidation sites excluding steroid dienone is 4. The molecule has 2 fully saturated rings. The Kier molecular flexibility index (Phi) is 2.08. The summed E-state index contributed by atoms with van der Waals surface area (Å²) in [4.78, 5) is 0. The summed E-state index contributed by atoms with van der Waals surface area (Å²) >= 11 is 0. The molecule has 0 aliphatic heterocycles.